The van der Waals surface area contributed by atoms with Crippen LogP contribution < -0.4 is 5.32 Å². The lowest BCUT2D eigenvalue weighted by Gasteiger charge is -2.13. The first-order valence-corrected chi connectivity index (χ1v) is 7.39. The largest absolute Gasteiger partial charge is 0.370 e. The zero-order chi connectivity index (χ0) is 14.7. The van der Waals surface area contributed by atoms with E-state index < -0.39 is 11.0 Å². The number of Topliss-reactive ketones (excluding diaryl/α,β-unsaturated/α-hetero) is 1. The number of nitrogens with zero attached hydrogens (tertiary/aromatic N) is 1. The lowest BCUT2D eigenvalue weighted by atomic mass is 10.1. The van der Waals surface area contributed by atoms with Crippen LogP contribution in [0.3, 0.4) is 0 Å². The topological polar surface area (TPSA) is 72.2 Å². The van der Waals surface area contributed by atoms with Crippen molar-refractivity contribution in [3.63, 3.8) is 0 Å². The molecule has 5 nitrogen and oxygen atoms in total. The summed E-state index contributed by atoms with van der Waals surface area (Å²) in [5.74, 6) is -0.0983. The van der Waals surface area contributed by atoms with Crippen molar-refractivity contribution in [1.29, 1.82) is 0 Å². The molecular weight excluding hydrogens is 344 g/mol. The first kappa shape index (κ1) is 14.7. The van der Waals surface area contributed by atoms with E-state index in [1.54, 1.807) is 37.3 Å². The van der Waals surface area contributed by atoms with Crippen LogP contribution in [0.4, 0.5) is 11.4 Å². The number of anilines is 1. The number of nitro benzene ring substituents is 1. The Morgan fingerprint density at radius 2 is 2.05 bits per heavy atom. The van der Waals surface area contributed by atoms with Gasteiger partial charge in [-0.3, -0.25) is 14.9 Å². The standard InChI is InChI=1S/C13H11BrN2O3S/c1-8(13(17)11-6-7-12(14)20-11)15-9-4-2-3-5-10(9)16(18)19/h2-8,15H,1H3/t8-/m0/s1. The van der Waals surface area contributed by atoms with Crippen LogP contribution in [-0.4, -0.2) is 16.7 Å². The van der Waals surface area contributed by atoms with Gasteiger partial charge in [0.05, 0.1) is 19.6 Å². The van der Waals surface area contributed by atoms with Gasteiger partial charge in [0, 0.05) is 6.07 Å². The molecule has 1 heterocycles. The van der Waals surface area contributed by atoms with Gasteiger partial charge in [-0.15, -0.1) is 11.3 Å². The van der Waals surface area contributed by atoms with Gasteiger partial charge in [0.15, 0.2) is 5.78 Å². The minimum atomic E-state index is -0.540. The molecule has 104 valence electrons. The quantitative estimate of drug-likeness (QED) is 0.498. The first-order valence-electron chi connectivity index (χ1n) is 5.78. The third kappa shape index (κ3) is 3.23. The van der Waals surface area contributed by atoms with Crippen molar-refractivity contribution in [2.75, 3.05) is 5.32 Å². The summed E-state index contributed by atoms with van der Waals surface area (Å²) < 4.78 is 0.874. The number of ketones is 1. The fraction of sp³-hybridized carbons (Fsp3) is 0.154. The molecule has 0 radical (unpaired) electrons. The number of thiophene rings is 1. The van der Waals surface area contributed by atoms with Gasteiger partial charge in [0.2, 0.25) is 0 Å². The predicted molar refractivity (Wildman–Crippen MR) is 82.5 cm³/mol. The molecule has 0 unspecified atom stereocenters. The number of rotatable bonds is 5. The van der Waals surface area contributed by atoms with Crippen molar-refractivity contribution in [3.8, 4) is 0 Å². The van der Waals surface area contributed by atoms with Crippen molar-refractivity contribution in [2.24, 2.45) is 0 Å². The predicted octanol–water partition coefficient (Wildman–Crippen LogP) is 4.10. The van der Waals surface area contributed by atoms with Crippen LogP contribution in [0.2, 0.25) is 0 Å². The minimum Gasteiger partial charge on any atom is -0.370 e. The van der Waals surface area contributed by atoms with Crippen LogP contribution in [-0.2, 0) is 0 Å². The molecule has 0 saturated heterocycles. The molecule has 0 saturated carbocycles. The minimum absolute atomic E-state index is 0.0421. The zero-order valence-corrected chi connectivity index (χ0v) is 12.9. The summed E-state index contributed by atoms with van der Waals surface area (Å²) in [6.07, 6.45) is 0. The van der Waals surface area contributed by atoms with Gasteiger partial charge in [0.1, 0.15) is 5.69 Å². The molecule has 0 spiro atoms. The number of carbonyl (C=O) groups excluding carboxylic acids is 1. The second-order valence-electron chi connectivity index (χ2n) is 4.11. The molecule has 7 heteroatoms. The third-order valence-electron chi connectivity index (χ3n) is 2.68. The third-order valence-corrected chi connectivity index (χ3v) is 4.32. The maximum absolute atomic E-state index is 12.2. The molecule has 2 rings (SSSR count). The van der Waals surface area contributed by atoms with Crippen molar-refractivity contribution in [2.45, 2.75) is 13.0 Å². The van der Waals surface area contributed by atoms with E-state index in [0.29, 0.717) is 10.6 Å². The first-order chi connectivity index (χ1) is 9.49. The van der Waals surface area contributed by atoms with E-state index in [4.69, 9.17) is 0 Å². The Balaban J connectivity index is 2.18. The molecule has 0 aliphatic carbocycles. The van der Waals surface area contributed by atoms with E-state index in [9.17, 15) is 14.9 Å². The molecular formula is C13H11BrN2O3S. The highest BCUT2D eigenvalue weighted by atomic mass is 79.9. The monoisotopic (exact) mass is 354 g/mol. The van der Waals surface area contributed by atoms with Gasteiger partial charge in [-0.1, -0.05) is 12.1 Å². The summed E-state index contributed by atoms with van der Waals surface area (Å²) in [6.45, 7) is 1.69. The van der Waals surface area contributed by atoms with Crippen molar-refractivity contribution in [3.05, 3.63) is 55.2 Å². The van der Waals surface area contributed by atoms with Crippen molar-refractivity contribution < 1.29 is 9.72 Å². The average molecular weight is 355 g/mol. The molecule has 0 bridgehead atoms. The Bertz CT molecular complexity index is 657. The highest BCUT2D eigenvalue weighted by molar-refractivity contribution is 9.11. The SMILES string of the molecule is C[C@H](Nc1ccccc1[N+](=O)[O-])C(=O)c1ccc(Br)s1. The Morgan fingerprint density at radius 1 is 1.35 bits per heavy atom. The van der Waals surface area contributed by atoms with E-state index in [1.807, 2.05) is 0 Å². The average Bonchev–Trinajstić information content (AvgIpc) is 2.84. The number of nitro groups is 1. The Hall–Kier alpha value is -1.73. The number of hydrogen-bond donors (Lipinski definition) is 1. The molecule has 0 amide bonds. The summed E-state index contributed by atoms with van der Waals surface area (Å²) in [7, 11) is 0. The lowest BCUT2D eigenvalue weighted by molar-refractivity contribution is -0.384. The zero-order valence-electron chi connectivity index (χ0n) is 10.5. The number of para-hydroxylation sites is 2. The maximum atomic E-state index is 12.2. The summed E-state index contributed by atoms with van der Waals surface area (Å²) in [5, 5.41) is 13.8. The van der Waals surface area contributed by atoms with Crippen LogP contribution in [0.5, 0.6) is 0 Å². The molecule has 2 aromatic rings. The molecule has 1 N–H and O–H groups in total. The highest BCUT2D eigenvalue weighted by Gasteiger charge is 2.20. The Morgan fingerprint density at radius 3 is 2.65 bits per heavy atom. The number of halogens is 1. The number of benzene rings is 1. The smallest absolute Gasteiger partial charge is 0.292 e. The summed E-state index contributed by atoms with van der Waals surface area (Å²) in [4.78, 5) is 23.3. The van der Waals surface area contributed by atoms with Crippen LogP contribution in [0.25, 0.3) is 0 Å². The molecule has 1 aromatic heterocycles. The number of carbonyl (C=O) groups is 1. The van der Waals surface area contributed by atoms with Gasteiger partial charge in [-0.2, -0.15) is 0 Å². The molecule has 1 aromatic carbocycles. The van der Waals surface area contributed by atoms with Crippen LogP contribution in [0.15, 0.2) is 40.2 Å². The van der Waals surface area contributed by atoms with Gasteiger partial charge in [-0.25, -0.2) is 0 Å². The lowest BCUT2D eigenvalue weighted by Crippen LogP contribution is -2.25. The Labute approximate surface area is 127 Å². The van der Waals surface area contributed by atoms with Crippen LogP contribution >= 0.6 is 27.3 Å². The summed E-state index contributed by atoms with van der Waals surface area (Å²) >= 11 is 4.64. The van der Waals surface area contributed by atoms with E-state index in [-0.39, 0.29) is 11.5 Å². The molecule has 0 aliphatic heterocycles. The molecule has 20 heavy (non-hydrogen) atoms. The second-order valence-corrected chi connectivity index (χ2v) is 6.57. The van der Waals surface area contributed by atoms with E-state index >= 15 is 0 Å². The second kappa shape index (κ2) is 6.15. The van der Waals surface area contributed by atoms with Crippen molar-refractivity contribution >= 4 is 44.4 Å². The van der Waals surface area contributed by atoms with E-state index in [0.717, 1.165) is 3.79 Å². The number of hydrogen-bond acceptors (Lipinski definition) is 5. The Kier molecular flexibility index (Phi) is 4.51. The molecule has 1 atom stereocenters. The molecule has 0 fully saturated rings. The fourth-order valence-electron chi connectivity index (χ4n) is 1.71. The normalized spacial score (nSPS) is 11.9. The van der Waals surface area contributed by atoms with E-state index in [2.05, 4.69) is 21.2 Å². The number of nitrogens with one attached hydrogen (secondary N) is 1. The summed E-state index contributed by atoms with van der Waals surface area (Å²) in [5.41, 5.74) is 0.300. The van der Waals surface area contributed by atoms with Gasteiger partial charge in [-0.05, 0) is 41.1 Å². The van der Waals surface area contributed by atoms with Crippen LogP contribution in [0, 0.1) is 10.1 Å². The maximum Gasteiger partial charge on any atom is 0.292 e. The van der Waals surface area contributed by atoms with Gasteiger partial charge in [0.25, 0.3) is 5.69 Å². The van der Waals surface area contributed by atoms with Gasteiger partial charge < -0.3 is 5.32 Å². The van der Waals surface area contributed by atoms with Crippen LogP contribution in [0.1, 0.15) is 16.6 Å². The highest BCUT2D eigenvalue weighted by Crippen LogP contribution is 2.26. The van der Waals surface area contributed by atoms with Gasteiger partial charge >= 0.3 is 0 Å². The van der Waals surface area contributed by atoms with Crippen molar-refractivity contribution in [1.82, 2.24) is 0 Å². The fourth-order valence-corrected chi connectivity index (χ4v) is 3.13. The summed E-state index contributed by atoms with van der Waals surface area (Å²) in [6, 6.07) is 9.26. The molecule has 0 aliphatic rings. The van der Waals surface area contributed by atoms with E-state index in [1.165, 1.54) is 17.4 Å².